The zero-order valence-corrected chi connectivity index (χ0v) is 12.6. The first-order valence-electron chi connectivity index (χ1n) is 5.76. The molecule has 6 heteroatoms. The predicted molar refractivity (Wildman–Crippen MR) is 72.6 cm³/mol. The average Bonchev–Trinajstić information content (AvgIpc) is 2.38. The summed E-state index contributed by atoms with van der Waals surface area (Å²) in [4.78, 5) is 23.5. The van der Waals surface area contributed by atoms with Crippen LogP contribution in [0.4, 0.5) is 0 Å². The molecule has 0 aliphatic carbocycles. The fourth-order valence-corrected chi connectivity index (χ4v) is 1.96. The lowest BCUT2D eigenvalue weighted by Gasteiger charge is -2.11. The predicted octanol–water partition coefficient (Wildman–Crippen LogP) is 2.81. The van der Waals surface area contributed by atoms with Gasteiger partial charge in [0.1, 0.15) is 11.3 Å². The SMILES string of the molecule is CCOC(=O)c1cc(OC)c(C(=O)OCC)cc1Br. The van der Waals surface area contributed by atoms with E-state index in [-0.39, 0.29) is 24.5 Å². The molecule has 1 aromatic carbocycles. The second kappa shape index (κ2) is 7.13. The van der Waals surface area contributed by atoms with Crippen LogP contribution in [-0.4, -0.2) is 32.3 Å². The van der Waals surface area contributed by atoms with Crippen molar-refractivity contribution in [2.24, 2.45) is 0 Å². The van der Waals surface area contributed by atoms with Crippen molar-refractivity contribution in [1.82, 2.24) is 0 Å². The Morgan fingerprint density at radius 2 is 1.58 bits per heavy atom. The number of methoxy groups -OCH3 is 1. The fraction of sp³-hybridized carbons (Fsp3) is 0.385. The van der Waals surface area contributed by atoms with Gasteiger partial charge < -0.3 is 14.2 Å². The van der Waals surface area contributed by atoms with Crippen molar-refractivity contribution < 1.29 is 23.8 Å². The summed E-state index contributed by atoms with van der Waals surface area (Å²) in [5.41, 5.74) is 0.552. The lowest BCUT2D eigenvalue weighted by molar-refractivity contribution is 0.0507. The highest BCUT2D eigenvalue weighted by molar-refractivity contribution is 9.10. The molecule has 5 nitrogen and oxygen atoms in total. The van der Waals surface area contributed by atoms with E-state index in [0.717, 1.165) is 0 Å². The van der Waals surface area contributed by atoms with Crippen LogP contribution in [0.1, 0.15) is 34.6 Å². The van der Waals surface area contributed by atoms with E-state index in [1.807, 2.05) is 0 Å². The molecule has 0 amide bonds. The van der Waals surface area contributed by atoms with Gasteiger partial charge in [-0.25, -0.2) is 9.59 Å². The van der Waals surface area contributed by atoms with Gasteiger partial charge in [-0.1, -0.05) is 0 Å². The highest BCUT2D eigenvalue weighted by Crippen LogP contribution is 2.28. The number of ether oxygens (including phenoxy) is 3. The second-order valence-corrected chi connectivity index (χ2v) is 4.33. The Kier molecular flexibility index (Phi) is 5.82. The van der Waals surface area contributed by atoms with Crippen molar-refractivity contribution in [3.05, 3.63) is 27.7 Å². The first-order chi connectivity index (χ1) is 9.04. The molecule has 19 heavy (non-hydrogen) atoms. The molecule has 104 valence electrons. The van der Waals surface area contributed by atoms with Crippen LogP contribution in [0.3, 0.4) is 0 Å². The first kappa shape index (κ1) is 15.5. The van der Waals surface area contributed by atoms with Gasteiger partial charge in [0.2, 0.25) is 0 Å². The van der Waals surface area contributed by atoms with E-state index in [1.165, 1.54) is 19.2 Å². The maximum absolute atomic E-state index is 11.7. The first-order valence-corrected chi connectivity index (χ1v) is 6.56. The van der Waals surface area contributed by atoms with Crippen LogP contribution in [0.15, 0.2) is 16.6 Å². The van der Waals surface area contributed by atoms with Crippen molar-refractivity contribution >= 4 is 27.9 Å². The molecule has 1 aromatic rings. The summed E-state index contributed by atoms with van der Waals surface area (Å²) < 4.78 is 15.4. The Hall–Kier alpha value is -1.56. The molecule has 0 saturated carbocycles. The van der Waals surface area contributed by atoms with E-state index in [2.05, 4.69) is 15.9 Å². The summed E-state index contributed by atoms with van der Waals surface area (Å²) in [6.07, 6.45) is 0. The molecule has 0 aliphatic rings. The number of carbonyl (C=O) groups excluding carboxylic acids is 2. The third-order valence-electron chi connectivity index (χ3n) is 2.28. The minimum Gasteiger partial charge on any atom is -0.496 e. The number of rotatable bonds is 5. The van der Waals surface area contributed by atoms with E-state index < -0.39 is 11.9 Å². The van der Waals surface area contributed by atoms with Crippen LogP contribution in [0.2, 0.25) is 0 Å². The van der Waals surface area contributed by atoms with Crippen LogP contribution >= 0.6 is 15.9 Å². The number of hydrogen-bond acceptors (Lipinski definition) is 5. The van der Waals surface area contributed by atoms with Gasteiger partial charge in [0.05, 0.1) is 25.9 Å². The van der Waals surface area contributed by atoms with Gasteiger partial charge in [0, 0.05) is 4.47 Å². The zero-order chi connectivity index (χ0) is 14.4. The Morgan fingerprint density at radius 1 is 1.05 bits per heavy atom. The van der Waals surface area contributed by atoms with Gasteiger partial charge in [-0.3, -0.25) is 0 Å². The molecule has 0 N–H and O–H groups in total. The summed E-state index contributed by atoms with van der Waals surface area (Å²) >= 11 is 3.24. The summed E-state index contributed by atoms with van der Waals surface area (Å²) in [7, 11) is 1.42. The van der Waals surface area contributed by atoms with Crippen LogP contribution < -0.4 is 4.74 Å². The van der Waals surface area contributed by atoms with Crippen molar-refractivity contribution in [2.45, 2.75) is 13.8 Å². The Bertz CT molecular complexity index is 484. The van der Waals surface area contributed by atoms with E-state index >= 15 is 0 Å². The molecule has 0 spiro atoms. The van der Waals surface area contributed by atoms with Crippen molar-refractivity contribution in [1.29, 1.82) is 0 Å². The van der Waals surface area contributed by atoms with Crippen LogP contribution in [0, 0.1) is 0 Å². The van der Waals surface area contributed by atoms with Crippen molar-refractivity contribution in [3.8, 4) is 5.75 Å². The smallest absolute Gasteiger partial charge is 0.341 e. The van der Waals surface area contributed by atoms with E-state index in [9.17, 15) is 9.59 Å². The van der Waals surface area contributed by atoms with Crippen LogP contribution in [0.5, 0.6) is 5.75 Å². The van der Waals surface area contributed by atoms with Gasteiger partial charge in [-0.15, -0.1) is 0 Å². The quantitative estimate of drug-likeness (QED) is 0.777. The van der Waals surface area contributed by atoms with E-state index in [4.69, 9.17) is 14.2 Å². The van der Waals surface area contributed by atoms with E-state index in [0.29, 0.717) is 10.0 Å². The summed E-state index contributed by atoms with van der Waals surface area (Å²) in [5.74, 6) is -0.719. The van der Waals surface area contributed by atoms with Gasteiger partial charge >= 0.3 is 11.9 Å². The molecule has 0 saturated heterocycles. The molecule has 0 heterocycles. The lowest BCUT2D eigenvalue weighted by atomic mass is 10.1. The Balaban J connectivity index is 3.21. The summed E-state index contributed by atoms with van der Waals surface area (Å²) in [6, 6.07) is 2.94. The third-order valence-corrected chi connectivity index (χ3v) is 2.94. The minimum atomic E-state index is -0.504. The summed E-state index contributed by atoms with van der Waals surface area (Å²) in [5, 5.41) is 0. The number of hydrogen-bond donors (Lipinski definition) is 0. The largest absolute Gasteiger partial charge is 0.496 e. The minimum absolute atomic E-state index is 0.254. The normalized spacial score (nSPS) is 9.89. The lowest BCUT2D eigenvalue weighted by Crippen LogP contribution is -2.10. The fourth-order valence-electron chi connectivity index (χ4n) is 1.46. The van der Waals surface area contributed by atoms with E-state index in [1.54, 1.807) is 13.8 Å². The molecule has 1 rings (SSSR count). The molecular weight excluding hydrogens is 316 g/mol. The molecule has 0 aromatic heterocycles. The van der Waals surface area contributed by atoms with Gasteiger partial charge in [0.15, 0.2) is 0 Å². The molecule has 0 fully saturated rings. The molecule has 0 bridgehead atoms. The molecular formula is C13H15BrO5. The monoisotopic (exact) mass is 330 g/mol. The maximum atomic E-state index is 11.7. The third kappa shape index (κ3) is 3.70. The van der Waals surface area contributed by atoms with Gasteiger partial charge in [0.25, 0.3) is 0 Å². The van der Waals surface area contributed by atoms with Crippen LogP contribution in [-0.2, 0) is 9.47 Å². The highest BCUT2D eigenvalue weighted by Gasteiger charge is 2.20. The van der Waals surface area contributed by atoms with Crippen LogP contribution in [0.25, 0.3) is 0 Å². The zero-order valence-electron chi connectivity index (χ0n) is 11.0. The summed E-state index contributed by atoms with van der Waals surface area (Å²) in [6.45, 7) is 3.97. The standard InChI is InChI=1S/C13H15BrO5/c1-4-18-12(15)8-7-11(17-3)9(6-10(8)14)13(16)19-5-2/h6-7H,4-5H2,1-3H3. The molecule has 0 aliphatic heterocycles. The van der Waals surface area contributed by atoms with Crippen molar-refractivity contribution in [2.75, 3.05) is 20.3 Å². The number of carbonyl (C=O) groups is 2. The number of benzene rings is 1. The van der Waals surface area contributed by atoms with Gasteiger partial charge in [-0.05, 0) is 41.9 Å². The molecule has 0 unspecified atom stereocenters. The topological polar surface area (TPSA) is 61.8 Å². The Morgan fingerprint density at radius 3 is 2.05 bits per heavy atom. The molecule has 0 atom stereocenters. The maximum Gasteiger partial charge on any atom is 0.341 e. The average molecular weight is 331 g/mol. The highest BCUT2D eigenvalue weighted by atomic mass is 79.9. The van der Waals surface area contributed by atoms with Crippen molar-refractivity contribution in [3.63, 3.8) is 0 Å². The number of halogens is 1. The number of esters is 2. The second-order valence-electron chi connectivity index (χ2n) is 3.47. The van der Waals surface area contributed by atoms with Gasteiger partial charge in [-0.2, -0.15) is 0 Å². The molecule has 0 radical (unpaired) electrons. The Labute approximate surface area is 120 Å².